The Morgan fingerprint density at radius 1 is 1.50 bits per heavy atom. The number of nitrogens with zero attached hydrogens (tertiary/aromatic N) is 1. The molecule has 1 aliphatic heterocycles. The van der Waals surface area contributed by atoms with E-state index in [0.717, 1.165) is 19.1 Å². The molecular weight excluding hydrogens is 200 g/mol. The van der Waals surface area contributed by atoms with Crippen LogP contribution in [0.1, 0.15) is 33.1 Å². The first kappa shape index (κ1) is 13.9. The summed E-state index contributed by atoms with van der Waals surface area (Å²) < 4.78 is 5.09. The van der Waals surface area contributed by atoms with E-state index in [4.69, 9.17) is 4.74 Å². The van der Waals surface area contributed by atoms with Crippen LogP contribution in [0.3, 0.4) is 0 Å². The lowest BCUT2D eigenvalue weighted by atomic mass is 10.0. The summed E-state index contributed by atoms with van der Waals surface area (Å²) in [5, 5.41) is 3.48. The SMILES string of the molecule is COCC(C)NCCCN1CCCC(C)C1. The minimum Gasteiger partial charge on any atom is -0.383 e. The van der Waals surface area contributed by atoms with Crippen molar-refractivity contribution in [3.05, 3.63) is 0 Å². The first-order valence-electron chi connectivity index (χ1n) is 6.67. The smallest absolute Gasteiger partial charge is 0.0613 e. The van der Waals surface area contributed by atoms with Crippen molar-refractivity contribution < 1.29 is 4.74 Å². The zero-order chi connectivity index (χ0) is 11.8. The van der Waals surface area contributed by atoms with Gasteiger partial charge in [0.15, 0.2) is 0 Å². The fourth-order valence-corrected chi connectivity index (χ4v) is 2.45. The van der Waals surface area contributed by atoms with Gasteiger partial charge in [-0.3, -0.25) is 0 Å². The van der Waals surface area contributed by atoms with Gasteiger partial charge in [0, 0.05) is 19.7 Å². The van der Waals surface area contributed by atoms with Crippen LogP contribution in [0.5, 0.6) is 0 Å². The third-order valence-electron chi connectivity index (χ3n) is 3.30. The van der Waals surface area contributed by atoms with E-state index < -0.39 is 0 Å². The predicted octanol–water partition coefficient (Wildman–Crippen LogP) is 1.73. The Hall–Kier alpha value is -0.120. The molecule has 3 nitrogen and oxygen atoms in total. The minimum absolute atomic E-state index is 0.477. The van der Waals surface area contributed by atoms with Crippen LogP contribution >= 0.6 is 0 Å². The third kappa shape index (κ3) is 5.83. The molecule has 0 radical (unpaired) electrons. The zero-order valence-corrected chi connectivity index (χ0v) is 11.2. The summed E-state index contributed by atoms with van der Waals surface area (Å²) in [4.78, 5) is 2.61. The minimum atomic E-state index is 0.477. The third-order valence-corrected chi connectivity index (χ3v) is 3.30. The van der Waals surface area contributed by atoms with Crippen molar-refractivity contribution in [2.24, 2.45) is 5.92 Å². The second kappa shape index (κ2) is 8.04. The number of ether oxygens (including phenoxy) is 1. The molecule has 1 rings (SSSR count). The van der Waals surface area contributed by atoms with Gasteiger partial charge in [-0.1, -0.05) is 6.92 Å². The number of rotatable bonds is 7. The zero-order valence-electron chi connectivity index (χ0n) is 11.2. The highest BCUT2D eigenvalue weighted by Crippen LogP contribution is 2.15. The van der Waals surface area contributed by atoms with Crippen molar-refractivity contribution in [3.8, 4) is 0 Å². The highest BCUT2D eigenvalue weighted by atomic mass is 16.5. The Balaban J connectivity index is 1.98. The average Bonchev–Trinajstić information content (AvgIpc) is 2.25. The standard InChI is InChI=1S/C13H28N2O/c1-12-6-4-8-15(10-12)9-5-7-14-13(2)11-16-3/h12-14H,4-11H2,1-3H3. The molecular formula is C13H28N2O. The molecule has 0 aromatic rings. The van der Waals surface area contributed by atoms with Crippen LogP contribution < -0.4 is 5.32 Å². The molecule has 0 spiro atoms. The molecule has 1 saturated heterocycles. The quantitative estimate of drug-likeness (QED) is 0.672. The van der Waals surface area contributed by atoms with E-state index in [9.17, 15) is 0 Å². The Labute approximate surface area is 101 Å². The van der Waals surface area contributed by atoms with Crippen LogP contribution in [0.25, 0.3) is 0 Å². The molecule has 0 saturated carbocycles. The van der Waals surface area contributed by atoms with Crippen LogP contribution in [0.15, 0.2) is 0 Å². The summed E-state index contributed by atoms with van der Waals surface area (Å²) in [5.41, 5.74) is 0. The van der Waals surface area contributed by atoms with Gasteiger partial charge in [0.25, 0.3) is 0 Å². The van der Waals surface area contributed by atoms with Crippen molar-refractivity contribution in [1.29, 1.82) is 0 Å². The molecule has 0 bridgehead atoms. The van der Waals surface area contributed by atoms with E-state index in [1.807, 2.05) is 0 Å². The van der Waals surface area contributed by atoms with Crippen molar-refractivity contribution >= 4 is 0 Å². The molecule has 2 unspecified atom stereocenters. The van der Waals surface area contributed by atoms with Crippen molar-refractivity contribution in [2.75, 3.05) is 39.9 Å². The van der Waals surface area contributed by atoms with E-state index >= 15 is 0 Å². The lowest BCUT2D eigenvalue weighted by molar-refractivity contribution is 0.166. The molecule has 3 heteroatoms. The highest BCUT2D eigenvalue weighted by Gasteiger charge is 2.15. The largest absolute Gasteiger partial charge is 0.383 e. The molecule has 0 amide bonds. The molecule has 1 N–H and O–H groups in total. The van der Waals surface area contributed by atoms with Crippen molar-refractivity contribution in [3.63, 3.8) is 0 Å². The molecule has 1 aliphatic rings. The number of hydrogen-bond donors (Lipinski definition) is 1. The summed E-state index contributed by atoms with van der Waals surface area (Å²) in [5.74, 6) is 0.897. The topological polar surface area (TPSA) is 24.5 Å². The van der Waals surface area contributed by atoms with Gasteiger partial charge in [-0.05, 0) is 51.7 Å². The summed E-state index contributed by atoms with van der Waals surface area (Å²) in [6.45, 7) is 10.3. The number of hydrogen-bond acceptors (Lipinski definition) is 3. The molecule has 1 heterocycles. The van der Waals surface area contributed by atoms with Crippen LogP contribution in [-0.4, -0.2) is 50.8 Å². The van der Waals surface area contributed by atoms with E-state index in [1.165, 1.54) is 38.9 Å². The van der Waals surface area contributed by atoms with Gasteiger partial charge in [0.05, 0.1) is 6.61 Å². The van der Waals surface area contributed by atoms with E-state index in [0.29, 0.717) is 6.04 Å². The first-order chi connectivity index (χ1) is 7.72. The maximum atomic E-state index is 5.09. The second-order valence-corrected chi connectivity index (χ2v) is 5.21. The Morgan fingerprint density at radius 3 is 3.00 bits per heavy atom. The Morgan fingerprint density at radius 2 is 2.31 bits per heavy atom. The van der Waals surface area contributed by atoms with Crippen LogP contribution in [0.2, 0.25) is 0 Å². The molecule has 2 atom stereocenters. The van der Waals surface area contributed by atoms with E-state index in [-0.39, 0.29) is 0 Å². The Kier molecular flexibility index (Phi) is 7.01. The molecule has 16 heavy (non-hydrogen) atoms. The Bertz CT molecular complexity index is 175. The van der Waals surface area contributed by atoms with Gasteiger partial charge in [0.1, 0.15) is 0 Å². The van der Waals surface area contributed by atoms with Crippen molar-refractivity contribution in [1.82, 2.24) is 10.2 Å². The van der Waals surface area contributed by atoms with Gasteiger partial charge in [-0.2, -0.15) is 0 Å². The number of nitrogens with one attached hydrogen (secondary N) is 1. The van der Waals surface area contributed by atoms with Gasteiger partial charge in [0.2, 0.25) is 0 Å². The van der Waals surface area contributed by atoms with E-state index in [1.54, 1.807) is 7.11 Å². The van der Waals surface area contributed by atoms with Crippen LogP contribution in [-0.2, 0) is 4.74 Å². The predicted molar refractivity (Wildman–Crippen MR) is 68.8 cm³/mol. The normalized spacial score (nSPS) is 24.6. The summed E-state index contributed by atoms with van der Waals surface area (Å²) in [7, 11) is 1.76. The number of likely N-dealkylation sites (tertiary alicyclic amines) is 1. The summed E-state index contributed by atoms with van der Waals surface area (Å²) in [6.07, 6.45) is 4.05. The molecule has 0 aromatic carbocycles. The molecule has 96 valence electrons. The lowest BCUT2D eigenvalue weighted by Crippen LogP contribution is -2.37. The maximum absolute atomic E-state index is 5.09. The monoisotopic (exact) mass is 228 g/mol. The highest BCUT2D eigenvalue weighted by molar-refractivity contribution is 4.70. The number of methoxy groups -OCH3 is 1. The number of piperidine rings is 1. The van der Waals surface area contributed by atoms with Gasteiger partial charge in [-0.25, -0.2) is 0 Å². The van der Waals surface area contributed by atoms with E-state index in [2.05, 4.69) is 24.1 Å². The summed E-state index contributed by atoms with van der Waals surface area (Å²) >= 11 is 0. The molecule has 0 aliphatic carbocycles. The first-order valence-corrected chi connectivity index (χ1v) is 6.67. The fourth-order valence-electron chi connectivity index (χ4n) is 2.45. The molecule has 0 aromatic heterocycles. The van der Waals surface area contributed by atoms with Gasteiger partial charge in [-0.15, -0.1) is 0 Å². The van der Waals surface area contributed by atoms with Gasteiger partial charge < -0.3 is 15.0 Å². The molecule has 1 fully saturated rings. The second-order valence-electron chi connectivity index (χ2n) is 5.21. The van der Waals surface area contributed by atoms with Crippen LogP contribution in [0.4, 0.5) is 0 Å². The van der Waals surface area contributed by atoms with Crippen molar-refractivity contribution in [2.45, 2.75) is 39.2 Å². The maximum Gasteiger partial charge on any atom is 0.0613 e. The van der Waals surface area contributed by atoms with Gasteiger partial charge >= 0.3 is 0 Å². The average molecular weight is 228 g/mol. The summed E-state index contributed by atoms with van der Waals surface area (Å²) in [6, 6.07) is 0.477. The van der Waals surface area contributed by atoms with Crippen LogP contribution in [0, 0.1) is 5.92 Å². The lowest BCUT2D eigenvalue weighted by Gasteiger charge is -2.30. The fraction of sp³-hybridized carbons (Fsp3) is 1.00.